The number of hydrogen-bond acceptors (Lipinski definition) is 4. The molecule has 0 saturated heterocycles. The number of nitrogens with one attached hydrogen (secondary N) is 1. The maximum atomic E-state index is 12.8. The summed E-state index contributed by atoms with van der Waals surface area (Å²) in [4.78, 5) is 37.9. The zero-order valence-corrected chi connectivity index (χ0v) is 19.0. The van der Waals surface area contributed by atoms with Gasteiger partial charge < -0.3 is 20.1 Å². The second-order valence-electron chi connectivity index (χ2n) is 9.13. The monoisotopic (exact) mass is 450 g/mol. The van der Waals surface area contributed by atoms with Gasteiger partial charge in [0, 0.05) is 24.4 Å². The molecule has 2 aromatic carbocycles. The van der Waals surface area contributed by atoms with Gasteiger partial charge in [0.15, 0.2) is 0 Å². The normalized spacial score (nSPS) is 15.5. The smallest absolute Gasteiger partial charge is 0.407 e. The number of benzene rings is 2. The highest BCUT2D eigenvalue weighted by atomic mass is 16.5. The van der Waals surface area contributed by atoms with Crippen LogP contribution in [0.4, 0.5) is 4.79 Å². The van der Waals surface area contributed by atoms with Crippen LogP contribution in [0.5, 0.6) is 0 Å². The Labute approximate surface area is 193 Å². The first-order valence-electron chi connectivity index (χ1n) is 11.5. The van der Waals surface area contributed by atoms with E-state index in [0.717, 1.165) is 35.1 Å². The predicted molar refractivity (Wildman–Crippen MR) is 124 cm³/mol. The molecule has 2 N–H and O–H groups in total. The number of ether oxygens (including phenoxy) is 1. The number of amides is 2. The molecule has 4 rings (SSSR count). The van der Waals surface area contributed by atoms with Crippen molar-refractivity contribution in [2.24, 2.45) is 5.92 Å². The standard InChI is InChI=1S/C26H30N2O5/c1-16(2)28(14-25(30)31)24(29)13-23(17-11-12-17)27-26(32)33-15-22-20-9-5-3-7-18(20)19-8-4-6-10-21(19)22/h3-10,16-17,22-23H,11-15H2,1-2H3,(H,27,32)(H,30,31). The summed E-state index contributed by atoms with van der Waals surface area (Å²) < 4.78 is 5.63. The number of fused-ring (bicyclic) bond motifs is 3. The molecule has 0 heterocycles. The lowest BCUT2D eigenvalue weighted by molar-refractivity contribution is -0.146. The molecule has 33 heavy (non-hydrogen) atoms. The number of carboxylic acids is 1. The van der Waals surface area contributed by atoms with Crippen molar-refractivity contribution in [1.29, 1.82) is 0 Å². The Balaban J connectivity index is 1.39. The van der Waals surface area contributed by atoms with Crippen LogP contribution in [0.3, 0.4) is 0 Å². The van der Waals surface area contributed by atoms with Crippen molar-refractivity contribution < 1.29 is 24.2 Å². The van der Waals surface area contributed by atoms with E-state index in [0.29, 0.717) is 0 Å². The second-order valence-corrected chi connectivity index (χ2v) is 9.13. The average molecular weight is 451 g/mol. The minimum Gasteiger partial charge on any atom is -0.480 e. The first-order valence-corrected chi connectivity index (χ1v) is 11.5. The van der Waals surface area contributed by atoms with Gasteiger partial charge in [-0.05, 0) is 54.9 Å². The Morgan fingerprint density at radius 3 is 2.12 bits per heavy atom. The van der Waals surface area contributed by atoms with Crippen LogP contribution >= 0.6 is 0 Å². The van der Waals surface area contributed by atoms with Crippen molar-refractivity contribution in [2.75, 3.05) is 13.2 Å². The maximum Gasteiger partial charge on any atom is 0.407 e. The molecule has 174 valence electrons. The van der Waals surface area contributed by atoms with Gasteiger partial charge >= 0.3 is 12.1 Å². The second kappa shape index (κ2) is 9.65. The molecule has 2 amide bonds. The van der Waals surface area contributed by atoms with E-state index in [9.17, 15) is 14.4 Å². The van der Waals surface area contributed by atoms with Gasteiger partial charge in [-0.3, -0.25) is 9.59 Å². The quantitative estimate of drug-likeness (QED) is 0.602. The molecule has 1 saturated carbocycles. The molecule has 0 aliphatic heterocycles. The molecular formula is C26H30N2O5. The third-order valence-electron chi connectivity index (χ3n) is 6.48. The first-order chi connectivity index (χ1) is 15.8. The predicted octanol–water partition coefficient (Wildman–Crippen LogP) is 4.02. The van der Waals surface area contributed by atoms with Gasteiger partial charge in [0.05, 0.1) is 0 Å². The molecule has 0 radical (unpaired) electrons. The van der Waals surface area contributed by atoms with Gasteiger partial charge in [-0.2, -0.15) is 0 Å². The summed E-state index contributed by atoms with van der Waals surface area (Å²) in [6.45, 7) is 3.43. The summed E-state index contributed by atoms with van der Waals surface area (Å²) in [6.07, 6.45) is 1.39. The van der Waals surface area contributed by atoms with Crippen molar-refractivity contribution in [3.8, 4) is 11.1 Å². The van der Waals surface area contributed by atoms with Crippen LogP contribution in [-0.2, 0) is 14.3 Å². The summed E-state index contributed by atoms with van der Waals surface area (Å²) in [5.41, 5.74) is 4.61. The molecule has 1 fully saturated rings. The van der Waals surface area contributed by atoms with Crippen molar-refractivity contribution >= 4 is 18.0 Å². The van der Waals surface area contributed by atoms with Crippen LogP contribution in [0, 0.1) is 5.92 Å². The van der Waals surface area contributed by atoms with E-state index in [4.69, 9.17) is 9.84 Å². The third kappa shape index (κ3) is 5.18. The van der Waals surface area contributed by atoms with Gasteiger partial charge in [-0.1, -0.05) is 48.5 Å². The van der Waals surface area contributed by atoms with Crippen molar-refractivity contribution in [1.82, 2.24) is 10.2 Å². The average Bonchev–Trinajstić information content (AvgIpc) is 3.58. The molecule has 7 heteroatoms. The lowest BCUT2D eigenvalue weighted by Crippen LogP contribution is -2.46. The highest BCUT2D eigenvalue weighted by molar-refractivity contribution is 5.83. The Kier molecular flexibility index (Phi) is 6.67. The number of nitrogens with zero attached hydrogens (tertiary/aromatic N) is 1. The number of carboxylic acid groups (broad SMARTS) is 1. The molecule has 0 spiro atoms. The molecule has 2 aliphatic rings. The van der Waals surface area contributed by atoms with Gasteiger partial charge in [-0.15, -0.1) is 0 Å². The van der Waals surface area contributed by atoms with Crippen LogP contribution in [0.2, 0.25) is 0 Å². The van der Waals surface area contributed by atoms with E-state index in [-0.39, 0.29) is 49.4 Å². The highest BCUT2D eigenvalue weighted by Crippen LogP contribution is 2.44. The van der Waals surface area contributed by atoms with E-state index in [2.05, 4.69) is 29.6 Å². The van der Waals surface area contributed by atoms with E-state index in [1.807, 2.05) is 24.3 Å². The molecular weight excluding hydrogens is 420 g/mol. The van der Waals surface area contributed by atoms with Gasteiger partial charge in [0.2, 0.25) is 5.91 Å². The summed E-state index contributed by atoms with van der Waals surface area (Å²) in [5.74, 6) is -1.14. The molecule has 0 bridgehead atoms. The Morgan fingerprint density at radius 1 is 1.03 bits per heavy atom. The number of rotatable bonds is 9. The molecule has 1 unspecified atom stereocenters. The molecule has 0 aromatic heterocycles. The number of carbonyl (C=O) groups excluding carboxylic acids is 2. The van der Waals surface area contributed by atoms with Gasteiger partial charge in [0.25, 0.3) is 0 Å². The summed E-state index contributed by atoms with van der Waals surface area (Å²) in [6, 6.07) is 15.7. The van der Waals surface area contributed by atoms with E-state index >= 15 is 0 Å². The van der Waals surface area contributed by atoms with Crippen LogP contribution in [0.25, 0.3) is 11.1 Å². The number of aliphatic carboxylic acids is 1. The summed E-state index contributed by atoms with van der Waals surface area (Å²) >= 11 is 0. The van der Waals surface area contributed by atoms with Crippen molar-refractivity contribution in [3.05, 3.63) is 59.7 Å². The summed E-state index contributed by atoms with van der Waals surface area (Å²) in [5, 5.41) is 12.0. The van der Waals surface area contributed by atoms with Crippen LogP contribution in [0.1, 0.15) is 50.2 Å². The molecule has 7 nitrogen and oxygen atoms in total. The minimum atomic E-state index is -1.05. The Bertz CT molecular complexity index is 1000. The Hall–Kier alpha value is -3.35. The Morgan fingerprint density at radius 2 is 1.61 bits per heavy atom. The highest BCUT2D eigenvalue weighted by Gasteiger charge is 2.36. The number of alkyl carbamates (subject to hydrolysis) is 1. The topological polar surface area (TPSA) is 95.9 Å². The van der Waals surface area contributed by atoms with E-state index in [1.54, 1.807) is 13.8 Å². The fourth-order valence-electron chi connectivity index (χ4n) is 4.64. The number of hydrogen-bond donors (Lipinski definition) is 2. The maximum absolute atomic E-state index is 12.8. The SMILES string of the molecule is CC(C)N(CC(=O)O)C(=O)CC(NC(=O)OCC1c2ccccc2-c2ccccc21)C1CC1. The van der Waals surface area contributed by atoms with Crippen LogP contribution in [0.15, 0.2) is 48.5 Å². The van der Waals surface area contributed by atoms with Crippen molar-refractivity contribution in [2.45, 2.75) is 51.1 Å². The molecule has 1 atom stereocenters. The largest absolute Gasteiger partial charge is 0.480 e. The molecule has 2 aromatic rings. The van der Waals surface area contributed by atoms with Gasteiger partial charge in [-0.25, -0.2) is 4.79 Å². The van der Waals surface area contributed by atoms with Crippen LogP contribution in [-0.4, -0.2) is 53.2 Å². The van der Waals surface area contributed by atoms with Gasteiger partial charge in [0.1, 0.15) is 13.2 Å². The van der Waals surface area contributed by atoms with Crippen LogP contribution < -0.4 is 5.32 Å². The van der Waals surface area contributed by atoms with E-state index in [1.165, 1.54) is 4.90 Å². The minimum absolute atomic E-state index is 0.0313. The zero-order chi connectivity index (χ0) is 23.5. The first kappa shape index (κ1) is 22.8. The fourth-order valence-corrected chi connectivity index (χ4v) is 4.64. The lowest BCUT2D eigenvalue weighted by atomic mass is 9.98. The van der Waals surface area contributed by atoms with Crippen molar-refractivity contribution in [3.63, 3.8) is 0 Å². The fraction of sp³-hybridized carbons (Fsp3) is 0.423. The summed E-state index contributed by atoms with van der Waals surface area (Å²) in [7, 11) is 0. The lowest BCUT2D eigenvalue weighted by Gasteiger charge is -2.27. The molecule has 2 aliphatic carbocycles. The van der Waals surface area contributed by atoms with E-state index < -0.39 is 12.1 Å². The zero-order valence-electron chi connectivity index (χ0n) is 19.0. The third-order valence-corrected chi connectivity index (χ3v) is 6.48. The number of carbonyl (C=O) groups is 3.